The van der Waals surface area contributed by atoms with E-state index in [1.165, 1.54) is 12.7 Å². The Bertz CT molecular complexity index is 550. The van der Waals surface area contributed by atoms with Gasteiger partial charge in [-0.25, -0.2) is 9.36 Å². The number of ether oxygens (including phenoxy) is 1. The zero-order valence-electron chi connectivity index (χ0n) is 10.6. The molecule has 0 radical (unpaired) electrons. The Labute approximate surface area is 107 Å². The van der Waals surface area contributed by atoms with Crippen molar-refractivity contribution < 1.29 is 14.1 Å². The van der Waals surface area contributed by atoms with Crippen LogP contribution < -0.4 is 4.57 Å². The van der Waals surface area contributed by atoms with Crippen molar-refractivity contribution in [2.24, 2.45) is 0 Å². The van der Waals surface area contributed by atoms with E-state index in [9.17, 15) is 4.79 Å². The normalized spacial score (nSPS) is 10.1. The van der Waals surface area contributed by atoms with Crippen molar-refractivity contribution in [1.82, 2.24) is 0 Å². The lowest BCUT2D eigenvalue weighted by atomic mass is 10.1. The molecule has 0 aliphatic carbocycles. The van der Waals surface area contributed by atoms with Crippen LogP contribution in [0.1, 0.15) is 21.5 Å². The third kappa shape index (κ3) is 2.74. The largest absolute Gasteiger partial charge is 0.465 e. The second kappa shape index (κ2) is 5.45. The molecule has 18 heavy (non-hydrogen) atoms. The van der Waals surface area contributed by atoms with Crippen molar-refractivity contribution in [3.05, 3.63) is 65.5 Å². The SMILES string of the molecule is COC(=O)c1cc[n+](Cc2ccccc2)cc1C. The van der Waals surface area contributed by atoms with Crippen LogP contribution in [0, 0.1) is 6.92 Å². The third-order valence-electron chi connectivity index (χ3n) is 2.83. The second-order valence-electron chi connectivity index (χ2n) is 4.19. The summed E-state index contributed by atoms with van der Waals surface area (Å²) in [6.07, 6.45) is 3.85. The fraction of sp³-hybridized carbons (Fsp3) is 0.200. The van der Waals surface area contributed by atoms with E-state index >= 15 is 0 Å². The topological polar surface area (TPSA) is 30.2 Å². The highest BCUT2D eigenvalue weighted by Crippen LogP contribution is 2.06. The molecule has 0 fully saturated rings. The highest BCUT2D eigenvalue weighted by atomic mass is 16.5. The molecule has 0 saturated heterocycles. The average Bonchev–Trinajstić information content (AvgIpc) is 2.39. The van der Waals surface area contributed by atoms with Crippen molar-refractivity contribution in [2.75, 3.05) is 7.11 Å². The van der Waals surface area contributed by atoms with Crippen LogP contribution in [0.25, 0.3) is 0 Å². The minimum Gasteiger partial charge on any atom is -0.465 e. The van der Waals surface area contributed by atoms with Crippen molar-refractivity contribution >= 4 is 5.97 Å². The number of aryl methyl sites for hydroxylation is 1. The van der Waals surface area contributed by atoms with E-state index in [4.69, 9.17) is 4.74 Å². The third-order valence-corrected chi connectivity index (χ3v) is 2.83. The Kier molecular flexibility index (Phi) is 3.72. The summed E-state index contributed by atoms with van der Waals surface area (Å²) in [4.78, 5) is 11.5. The number of carbonyl (C=O) groups excluding carboxylic acids is 1. The quantitative estimate of drug-likeness (QED) is 0.609. The van der Waals surface area contributed by atoms with Crippen molar-refractivity contribution in [3.8, 4) is 0 Å². The molecule has 1 aromatic heterocycles. The summed E-state index contributed by atoms with van der Waals surface area (Å²) in [5, 5.41) is 0. The maximum atomic E-state index is 11.5. The van der Waals surface area contributed by atoms with Crippen LogP contribution in [0.15, 0.2) is 48.8 Å². The summed E-state index contributed by atoms with van der Waals surface area (Å²) in [7, 11) is 1.40. The smallest absolute Gasteiger partial charge is 0.338 e. The first-order valence-electron chi connectivity index (χ1n) is 5.82. The zero-order valence-corrected chi connectivity index (χ0v) is 10.6. The Morgan fingerprint density at radius 1 is 1.22 bits per heavy atom. The van der Waals surface area contributed by atoms with Crippen LogP contribution in [0.4, 0.5) is 0 Å². The highest BCUT2D eigenvalue weighted by molar-refractivity contribution is 5.90. The van der Waals surface area contributed by atoms with Gasteiger partial charge >= 0.3 is 5.97 Å². The van der Waals surface area contributed by atoms with Crippen LogP contribution in [-0.2, 0) is 11.3 Å². The first kappa shape index (κ1) is 12.3. The van der Waals surface area contributed by atoms with E-state index in [1.54, 1.807) is 6.07 Å². The number of benzene rings is 1. The Morgan fingerprint density at radius 3 is 2.56 bits per heavy atom. The van der Waals surface area contributed by atoms with E-state index in [0.717, 1.165) is 12.1 Å². The van der Waals surface area contributed by atoms with Gasteiger partial charge in [0.05, 0.1) is 12.7 Å². The van der Waals surface area contributed by atoms with Gasteiger partial charge in [0.2, 0.25) is 0 Å². The lowest BCUT2D eigenvalue weighted by Gasteiger charge is -2.03. The molecule has 0 bridgehead atoms. The van der Waals surface area contributed by atoms with Gasteiger partial charge < -0.3 is 4.74 Å². The van der Waals surface area contributed by atoms with Gasteiger partial charge in [-0.05, 0) is 6.92 Å². The number of pyridine rings is 1. The fourth-order valence-electron chi connectivity index (χ4n) is 1.89. The molecular weight excluding hydrogens is 226 g/mol. The van der Waals surface area contributed by atoms with Gasteiger partial charge in [-0.3, -0.25) is 0 Å². The number of carbonyl (C=O) groups is 1. The van der Waals surface area contributed by atoms with Crippen molar-refractivity contribution in [2.45, 2.75) is 13.5 Å². The van der Waals surface area contributed by atoms with E-state index in [2.05, 4.69) is 16.7 Å². The predicted molar refractivity (Wildman–Crippen MR) is 68.3 cm³/mol. The van der Waals surface area contributed by atoms with Crippen molar-refractivity contribution in [3.63, 3.8) is 0 Å². The van der Waals surface area contributed by atoms with E-state index < -0.39 is 0 Å². The van der Waals surface area contributed by atoms with Crippen LogP contribution in [0.3, 0.4) is 0 Å². The summed E-state index contributed by atoms with van der Waals surface area (Å²) >= 11 is 0. The van der Waals surface area contributed by atoms with E-state index in [1.807, 2.05) is 37.5 Å². The van der Waals surface area contributed by atoms with Gasteiger partial charge in [0, 0.05) is 17.2 Å². The molecule has 92 valence electrons. The van der Waals surface area contributed by atoms with Gasteiger partial charge in [-0.15, -0.1) is 0 Å². The molecule has 3 nitrogen and oxygen atoms in total. The predicted octanol–water partition coefficient (Wildman–Crippen LogP) is 2.12. The average molecular weight is 242 g/mol. The van der Waals surface area contributed by atoms with Gasteiger partial charge in [-0.2, -0.15) is 0 Å². The standard InChI is InChI=1S/C15H16NO2/c1-12-10-16(9-8-14(12)15(17)18-2)11-13-6-4-3-5-7-13/h3-10H,11H2,1-2H3/q+1. The summed E-state index contributed by atoms with van der Waals surface area (Å²) < 4.78 is 6.78. The monoisotopic (exact) mass is 242 g/mol. The molecule has 1 aromatic carbocycles. The Balaban J connectivity index is 2.22. The number of hydrogen-bond donors (Lipinski definition) is 0. The maximum absolute atomic E-state index is 11.5. The number of rotatable bonds is 3. The Morgan fingerprint density at radius 2 is 1.94 bits per heavy atom. The minimum atomic E-state index is -0.292. The first-order valence-corrected chi connectivity index (χ1v) is 5.82. The van der Waals surface area contributed by atoms with E-state index in [0.29, 0.717) is 5.56 Å². The molecule has 3 heteroatoms. The molecule has 1 heterocycles. The molecule has 0 spiro atoms. The molecule has 0 N–H and O–H groups in total. The Hall–Kier alpha value is -2.16. The van der Waals surface area contributed by atoms with Crippen LogP contribution in [-0.4, -0.2) is 13.1 Å². The zero-order chi connectivity index (χ0) is 13.0. The number of aromatic nitrogens is 1. The molecule has 2 aromatic rings. The lowest BCUT2D eigenvalue weighted by Crippen LogP contribution is -2.34. The molecule has 0 aliphatic heterocycles. The molecule has 0 atom stereocenters. The van der Waals surface area contributed by atoms with E-state index in [-0.39, 0.29) is 5.97 Å². The van der Waals surface area contributed by atoms with Crippen molar-refractivity contribution in [1.29, 1.82) is 0 Å². The fourth-order valence-corrected chi connectivity index (χ4v) is 1.89. The number of esters is 1. The molecule has 0 amide bonds. The van der Waals surface area contributed by atoms with Gasteiger partial charge in [-0.1, -0.05) is 30.3 Å². The summed E-state index contributed by atoms with van der Waals surface area (Å²) in [6, 6.07) is 12.0. The van der Waals surface area contributed by atoms with Crippen LogP contribution >= 0.6 is 0 Å². The maximum Gasteiger partial charge on any atom is 0.338 e. The summed E-state index contributed by atoms with van der Waals surface area (Å²) in [6.45, 7) is 2.71. The lowest BCUT2D eigenvalue weighted by molar-refractivity contribution is -0.688. The molecular formula is C15H16NO2+. The number of nitrogens with zero attached hydrogens (tertiary/aromatic N) is 1. The first-order chi connectivity index (χ1) is 8.70. The number of methoxy groups -OCH3 is 1. The van der Waals surface area contributed by atoms with Gasteiger partial charge in [0.15, 0.2) is 18.9 Å². The molecule has 0 unspecified atom stereocenters. The summed E-state index contributed by atoms with van der Waals surface area (Å²) in [5.41, 5.74) is 2.76. The second-order valence-corrected chi connectivity index (χ2v) is 4.19. The molecule has 2 rings (SSSR count). The van der Waals surface area contributed by atoms with Gasteiger partial charge in [0.1, 0.15) is 0 Å². The van der Waals surface area contributed by atoms with Crippen LogP contribution in [0.2, 0.25) is 0 Å². The number of hydrogen-bond acceptors (Lipinski definition) is 2. The van der Waals surface area contributed by atoms with Crippen LogP contribution in [0.5, 0.6) is 0 Å². The minimum absolute atomic E-state index is 0.292. The summed E-state index contributed by atoms with van der Waals surface area (Å²) in [5.74, 6) is -0.292. The molecule has 0 saturated carbocycles. The highest BCUT2D eigenvalue weighted by Gasteiger charge is 2.13. The van der Waals surface area contributed by atoms with Gasteiger partial charge in [0.25, 0.3) is 0 Å². The molecule has 0 aliphatic rings.